The molecule has 0 aliphatic heterocycles. The number of fused-ring (bicyclic) bond motifs is 1. The molecule has 0 saturated heterocycles. The zero-order valence-corrected chi connectivity index (χ0v) is 11.4. The first kappa shape index (κ1) is 14.0. The van der Waals surface area contributed by atoms with Crippen LogP contribution in [-0.4, -0.2) is 22.0 Å². The van der Waals surface area contributed by atoms with Gasteiger partial charge in [-0.1, -0.05) is 12.1 Å². The number of carboxylic acid groups (broad SMARTS) is 1. The van der Waals surface area contributed by atoms with Crippen molar-refractivity contribution in [2.45, 2.75) is 20.3 Å². The lowest BCUT2D eigenvalue weighted by molar-refractivity contribution is -0.148. The van der Waals surface area contributed by atoms with Gasteiger partial charge < -0.3 is 10.4 Å². The van der Waals surface area contributed by atoms with Gasteiger partial charge in [-0.05, 0) is 26.0 Å². The summed E-state index contributed by atoms with van der Waals surface area (Å²) in [6.45, 7) is 3.06. The number of aliphatic carboxylic acids is 1. The van der Waals surface area contributed by atoms with Gasteiger partial charge in [0.15, 0.2) is 0 Å². The number of hydrogen-bond acceptors (Lipinski definition) is 3. The molecule has 1 aromatic carbocycles. The highest BCUT2D eigenvalue weighted by Crippen LogP contribution is 2.25. The van der Waals surface area contributed by atoms with Crippen molar-refractivity contribution in [3.63, 3.8) is 0 Å². The van der Waals surface area contributed by atoms with E-state index in [2.05, 4.69) is 10.3 Å². The largest absolute Gasteiger partial charge is 0.481 e. The molecule has 0 atom stereocenters. The van der Waals surface area contributed by atoms with Crippen LogP contribution in [-0.2, 0) is 9.59 Å². The summed E-state index contributed by atoms with van der Waals surface area (Å²) in [6, 6.07) is 7.32. The maximum Gasteiger partial charge on any atom is 0.309 e. The average Bonchev–Trinajstić information content (AvgIpc) is 2.38. The third kappa shape index (κ3) is 2.93. The van der Waals surface area contributed by atoms with Gasteiger partial charge in [-0.2, -0.15) is 0 Å². The molecule has 0 spiro atoms. The van der Waals surface area contributed by atoms with Crippen molar-refractivity contribution in [1.82, 2.24) is 4.98 Å². The summed E-state index contributed by atoms with van der Waals surface area (Å²) in [5, 5.41) is 13.6. The molecule has 5 nitrogen and oxygen atoms in total. The normalized spacial score (nSPS) is 11.3. The van der Waals surface area contributed by atoms with E-state index in [1.807, 2.05) is 18.2 Å². The van der Waals surface area contributed by atoms with Crippen molar-refractivity contribution < 1.29 is 14.7 Å². The average molecular weight is 272 g/mol. The Bertz CT molecular complexity index is 660. The van der Waals surface area contributed by atoms with Crippen LogP contribution in [0.5, 0.6) is 0 Å². The van der Waals surface area contributed by atoms with E-state index in [9.17, 15) is 9.59 Å². The Morgan fingerprint density at radius 1 is 1.30 bits per heavy atom. The number of carbonyl (C=O) groups is 2. The minimum absolute atomic E-state index is 0.0796. The van der Waals surface area contributed by atoms with E-state index in [-0.39, 0.29) is 12.3 Å². The summed E-state index contributed by atoms with van der Waals surface area (Å²) in [7, 11) is 0. The quantitative estimate of drug-likeness (QED) is 0.896. The van der Waals surface area contributed by atoms with Crippen LogP contribution >= 0.6 is 0 Å². The molecule has 0 aliphatic carbocycles. The molecule has 2 rings (SSSR count). The molecule has 0 unspecified atom stereocenters. The van der Waals surface area contributed by atoms with Crippen molar-refractivity contribution in [3.05, 3.63) is 36.7 Å². The van der Waals surface area contributed by atoms with Crippen molar-refractivity contribution in [2.24, 2.45) is 5.41 Å². The number of pyridine rings is 1. The Morgan fingerprint density at radius 3 is 2.75 bits per heavy atom. The lowest BCUT2D eigenvalue weighted by Gasteiger charge is -2.18. The van der Waals surface area contributed by atoms with E-state index in [1.165, 1.54) is 13.8 Å². The molecule has 104 valence electrons. The summed E-state index contributed by atoms with van der Waals surface area (Å²) in [5.74, 6) is -1.31. The number of aromatic nitrogens is 1. The molecule has 0 bridgehead atoms. The maximum atomic E-state index is 12.0. The van der Waals surface area contributed by atoms with Crippen LogP contribution in [0, 0.1) is 5.41 Å². The zero-order chi connectivity index (χ0) is 14.8. The van der Waals surface area contributed by atoms with Gasteiger partial charge in [0.1, 0.15) is 0 Å². The summed E-state index contributed by atoms with van der Waals surface area (Å²) in [5.41, 5.74) is -0.424. The third-order valence-electron chi connectivity index (χ3n) is 3.14. The molecule has 20 heavy (non-hydrogen) atoms. The fourth-order valence-corrected chi connectivity index (χ4v) is 1.90. The zero-order valence-electron chi connectivity index (χ0n) is 11.4. The topological polar surface area (TPSA) is 79.3 Å². The van der Waals surface area contributed by atoms with Crippen LogP contribution in [0.2, 0.25) is 0 Å². The van der Waals surface area contributed by atoms with Gasteiger partial charge in [0.2, 0.25) is 5.91 Å². The number of benzene rings is 1. The Labute approximate surface area is 116 Å². The fraction of sp³-hybridized carbons (Fsp3) is 0.267. The molecule has 0 aliphatic rings. The van der Waals surface area contributed by atoms with Crippen molar-refractivity contribution in [3.8, 4) is 0 Å². The van der Waals surface area contributed by atoms with E-state index in [4.69, 9.17) is 5.11 Å². The van der Waals surface area contributed by atoms with Gasteiger partial charge in [-0.15, -0.1) is 0 Å². The monoisotopic (exact) mass is 272 g/mol. The van der Waals surface area contributed by atoms with E-state index < -0.39 is 11.4 Å². The standard InChI is InChI=1S/C15H16N2O3/c1-15(2,14(19)20)8-13(18)17-12-5-3-4-10-9-16-7-6-11(10)12/h3-7,9H,8H2,1-2H3,(H,17,18)(H,19,20). The second-order valence-corrected chi connectivity index (χ2v) is 5.32. The third-order valence-corrected chi connectivity index (χ3v) is 3.14. The van der Waals surface area contributed by atoms with Crippen LogP contribution in [0.15, 0.2) is 36.7 Å². The van der Waals surface area contributed by atoms with Crippen molar-refractivity contribution >= 4 is 28.3 Å². The second kappa shape index (κ2) is 5.28. The molecular formula is C15H16N2O3. The second-order valence-electron chi connectivity index (χ2n) is 5.32. The number of carboxylic acids is 1. The Morgan fingerprint density at radius 2 is 2.05 bits per heavy atom. The predicted molar refractivity (Wildman–Crippen MR) is 76.4 cm³/mol. The summed E-state index contributed by atoms with van der Waals surface area (Å²) in [4.78, 5) is 27.0. The van der Waals surface area contributed by atoms with Crippen LogP contribution in [0.25, 0.3) is 10.8 Å². The van der Waals surface area contributed by atoms with Crippen LogP contribution < -0.4 is 5.32 Å². The van der Waals surface area contributed by atoms with Crippen LogP contribution in [0.1, 0.15) is 20.3 Å². The molecule has 2 aromatic rings. The van der Waals surface area contributed by atoms with Crippen LogP contribution in [0.3, 0.4) is 0 Å². The van der Waals surface area contributed by atoms with E-state index in [0.29, 0.717) is 5.69 Å². The number of nitrogens with zero attached hydrogens (tertiary/aromatic N) is 1. The lowest BCUT2D eigenvalue weighted by Crippen LogP contribution is -2.29. The minimum Gasteiger partial charge on any atom is -0.481 e. The summed E-state index contributed by atoms with van der Waals surface area (Å²) < 4.78 is 0. The first-order valence-corrected chi connectivity index (χ1v) is 6.26. The minimum atomic E-state index is -1.09. The van der Waals surface area contributed by atoms with Crippen molar-refractivity contribution in [2.75, 3.05) is 5.32 Å². The lowest BCUT2D eigenvalue weighted by atomic mass is 9.89. The van der Waals surface area contributed by atoms with Gasteiger partial charge in [-0.25, -0.2) is 0 Å². The first-order chi connectivity index (χ1) is 9.40. The first-order valence-electron chi connectivity index (χ1n) is 6.26. The van der Waals surface area contributed by atoms with Gasteiger partial charge in [0.25, 0.3) is 0 Å². The highest BCUT2D eigenvalue weighted by atomic mass is 16.4. The van der Waals surface area contributed by atoms with Gasteiger partial charge in [-0.3, -0.25) is 14.6 Å². The highest BCUT2D eigenvalue weighted by molar-refractivity contribution is 6.02. The Hall–Kier alpha value is -2.43. The molecule has 5 heteroatoms. The molecule has 0 fully saturated rings. The SMILES string of the molecule is CC(C)(CC(=O)Nc1cccc2cnccc12)C(=O)O. The number of amides is 1. The number of anilines is 1. The van der Waals surface area contributed by atoms with Gasteiger partial charge in [0.05, 0.1) is 5.41 Å². The molecule has 2 N–H and O–H groups in total. The molecule has 0 saturated carbocycles. The van der Waals surface area contributed by atoms with E-state index >= 15 is 0 Å². The number of nitrogens with one attached hydrogen (secondary N) is 1. The number of hydrogen-bond donors (Lipinski definition) is 2. The smallest absolute Gasteiger partial charge is 0.309 e. The van der Waals surface area contributed by atoms with Gasteiger partial charge in [0, 0.05) is 35.3 Å². The molecule has 0 radical (unpaired) electrons. The molecule has 1 aromatic heterocycles. The number of rotatable bonds is 4. The van der Waals surface area contributed by atoms with Gasteiger partial charge >= 0.3 is 5.97 Å². The predicted octanol–water partition coefficient (Wildman–Crippen LogP) is 2.67. The molecular weight excluding hydrogens is 256 g/mol. The van der Waals surface area contributed by atoms with E-state index in [0.717, 1.165) is 10.8 Å². The Kier molecular flexibility index (Phi) is 3.70. The number of carbonyl (C=O) groups excluding carboxylic acids is 1. The highest BCUT2D eigenvalue weighted by Gasteiger charge is 2.30. The summed E-state index contributed by atoms with van der Waals surface area (Å²) in [6.07, 6.45) is 3.29. The summed E-state index contributed by atoms with van der Waals surface area (Å²) >= 11 is 0. The molecule has 1 amide bonds. The van der Waals surface area contributed by atoms with Crippen LogP contribution in [0.4, 0.5) is 5.69 Å². The molecule has 1 heterocycles. The maximum absolute atomic E-state index is 12.0. The van der Waals surface area contributed by atoms with E-state index in [1.54, 1.807) is 18.5 Å². The van der Waals surface area contributed by atoms with Crippen molar-refractivity contribution in [1.29, 1.82) is 0 Å². The Balaban J connectivity index is 2.21. The fourth-order valence-electron chi connectivity index (χ4n) is 1.90.